The molecule has 1 aromatic heterocycles. The molecule has 1 saturated heterocycles. The van der Waals surface area contributed by atoms with Crippen molar-refractivity contribution in [2.75, 3.05) is 6.61 Å². The summed E-state index contributed by atoms with van der Waals surface area (Å²) < 4.78 is 7.84. The van der Waals surface area contributed by atoms with Crippen LogP contribution in [0.3, 0.4) is 0 Å². The summed E-state index contributed by atoms with van der Waals surface area (Å²) in [5.41, 5.74) is 0.924. The predicted molar refractivity (Wildman–Crippen MR) is 107 cm³/mol. The van der Waals surface area contributed by atoms with Gasteiger partial charge in [0.25, 0.3) is 0 Å². The van der Waals surface area contributed by atoms with Crippen molar-refractivity contribution < 1.29 is 20.1 Å². The van der Waals surface area contributed by atoms with Crippen LogP contribution in [0.2, 0.25) is 0 Å². The van der Waals surface area contributed by atoms with Crippen LogP contribution >= 0.6 is 0 Å². The summed E-state index contributed by atoms with van der Waals surface area (Å²) in [6.07, 6.45) is 2.46. The van der Waals surface area contributed by atoms with Crippen LogP contribution in [0.25, 0.3) is 16.5 Å². The van der Waals surface area contributed by atoms with E-state index in [2.05, 4.69) is 6.07 Å². The monoisotopic (exact) mass is 390 g/mol. The Bertz CT molecular complexity index is 1190. The lowest BCUT2D eigenvalue weighted by atomic mass is 9.76. The van der Waals surface area contributed by atoms with Crippen LogP contribution in [-0.4, -0.2) is 26.5 Å². The molecule has 2 unspecified atom stereocenters. The highest BCUT2D eigenvalue weighted by Gasteiger charge is 2.62. The van der Waals surface area contributed by atoms with Crippen LogP contribution in [0.5, 0.6) is 11.8 Å². The maximum atomic E-state index is 11.3. The number of aromatic nitrogens is 1. The van der Waals surface area contributed by atoms with Crippen LogP contribution in [0.15, 0.2) is 36.4 Å². The molecule has 2 aliphatic rings. The first-order valence-corrected chi connectivity index (χ1v) is 9.93. The summed E-state index contributed by atoms with van der Waals surface area (Å²) in [7, 11) is 0. The Morgan fingerprint density at radius 1 is 1.03 bits per heavy atom. The van der Waals surface area contributed by atoms with E-state index in [1.165, 1.54) is 4.57 Å². The van der Waals surface area contributed by atoms with Gasteiger partial charge < -0.3 is 20.1 Å². The minimum atomic E-state index is -0.782. The fraction of sp³-hybridized carbons (Fsp3) is 0.348. The van der Waals surface area contributed by atoms with Gasteiger partial charge in [-0.3, -0.25) is 4.57 Å². The number of nitrogens with zero attached hydrogens (tertiary/aromatic N) is 2. The maximum Gasteiger partial charge on any atom is 0.205 e. The van der Waals surface area contributed by atoms with Crippen molar-refractivity contribution in [2.24, 2.45) is 0 Å². The standard InChI is InChI=1S/C23H22N2O4/c1-2-22-9-10-23(29-22,11-12-26)19-18(22)20(27)25(21(19)28)17-8-7-14(13-24)15-5-3-4-6-16(15)17/h3-8,26-28H,2,9-12H2,1H3. The number of aliphatic hydroxyl groups excluding tert-OH is 1. The van der Waals surface area contributed by atoms with Gasteiger partial charge in [0.2, 0.25) is 11.8 Å². The van der Waals surface area contributed by atoms with Gasteiger partial charge in [-0.15, -0.1) is 0 Å². The molecule has 3 heterocycles. The third-order valence-electron chi connectivity index (χ3n) is 6.70. The lowest BCUT2D eigenvalue weighted by molar-refractivity contribution is -0.0996. The van der Waals surface area contributed by atoms with Crippen molar-refractivity contribution in [1.82, 2.24) is 4.57 Å². The number of nitriles is 1. The number of hydrogen-bond donors (Lipinski definition) is 3. The van der Waals surface area contributed by atoms with Crippen molar-refractivity contribution in [3.63, 3.8) is 0 Å². The second kappa shape index (κ2) is 5.99. The highest BCUT2D eigenvalue weighted by atomic mass is 16.5. The Hall–Kier alpha value is -3.01. The van der Waals surface area contributed by atoms with Crippen molar-refractivity contribution in [2.45, 2.75) is 43.8 Å². The molecule has 0 aliphatic carbocycles. The Morgan fingerprint density at radius 3 is 2.34 bits per heavy atom. The van der Waals surface area contributed by atoms with E-state index in [1.54, 1.807) is 12.1 Å². The molecule has 1 fully saturated rings. The number of aliphatic hydroxyl groups is 1. The summed E-state index contributed by atoms with van der Waals surface area (Å²) >= 11 is 0. The largest absolute Gasteiger partial charge is 0.494 e. The third-order valence-corrected chi connectivity index (χ3v) is 6.70. The summed E-state index contributed by atoms with van der Waals surface area (Å²) in [6.45, 7) is 1.94. The fourth-order valence-electron chi connectivity index (χ4n) is 5.35. The zero-order valence-electron chi connectivity index (χ0n) is 16.1. The van der Waals surface area contributed by atoms with Crippen molar-refractivity contribution in [3.05, 3.63) is 53.1 Å². The second-order valence-electron chi connectivity index (χ2n) is 7.94. The van der Waals surface area contributed by atoms with Crippen molar-refractivity contribution >= 4 is 10.8 Å². The summed E-state index contributed by atoms with van der Waals surface area (Å²) in [5, 5.41) is 43.1. The topological polar surface area (TPSA) is 98.6 Å². The quantitative estimate of drug-likeness (QED) is 0.627. The average molecular weight is 390 g/mol. The van der Waals surface area contributed by atoms with Gasteiger partial charge in [-0.05, 0) is 31.4 Å². The molecule has 0 saturated carbocycles. The Labute approximate surface area is 168 Å². The lowest BCUT2D eigenvalue weighted by Gasteiger charge is -2.26. The number of hydrogen-bond acceptors (Lipinski definition) is 5. The Kier molecular flexibility index (Phi) is 3.73. The molecule has 2 bridgehead atoms. The molecule has 3 N–H and O–H groups in total. The molecule has 2 aromatic carbocycles. The molecule has 0 radical (unpaired) electrons. The maximum absolute atomic E-state index is 11.3. The molecule has 0 spiro atoms. The first kappa shape index (κ1) is 18.0. The van der Waals surface area contributed by atoms with Crippen LogP contribution in [-0.2, 0) is 15.9 Å². The first-order chi connectivity index (χ1) is 14.0. The molecule has 2 atom stereocenters. The number of aromatic hydroxyl groups is 2. The van der Waals surface area contributed by atoms with Crippen molar-refractivity contribution in [1.29, 1.82) is 5.26 Å². The summed E-state index contributed by atoms with van der Waals surface area (Å²) in [6, 6.07) is 13.1. The van der Waals surface area contributed by atoms with E-state index < -0.39 is 11.2 Å². The minimum absolute atomic E-state index is 0.0336. The number of rotatable bonds is 4. The van der Waals surface area contributed by atoms with E-state index >= 15 is 0 Å². The summed E-state index contributed by atoms with van der Waals surface area (Å²) in [5.74, 6) is -0.0930. The number of fused-ring (bicyclic) bond motifs is 6. The third kappa shape index (κ3) is 2.12. The van der Waals surface area contributed by atoms with E-state index in [-0.39, 0.29) is 18.4 Å². The number of benzene rings is 2. The van der Waals surface area contributed by atoms with Crippen LogP contribution < -0.4 is 0 Å². The highest BCUT2D eigenvalue weighted by Crippen LogP contribution is 2.66. The van der Waals surface area contributed by atoms with E-state index in [4.69, 9.17) is 4.74 Å². The molecular weight excluding hydrogens is 368 g/mol. The van der Waals surface area contributed by atoms with E-state index in [1.807, 2.05) is 31.2 Å². The Morgan fingerprint density at radius 2 is 1.69 bits per heavy atom. The van der Waals surface area contributed by atoms with E-state index in [9.17, 15) is 20.6 Å². The molecular formula is C23H22N2O4. The van der Waals surface area contributed by atoms with Gasteiger partial charge in [0, 0.05) is 23.8 Å². The van der Waals surface area contributed by atoms with Gasteiger partial charge in [-0.1, -0.05) is 31.2 Å². The van der Waals surface area contributed by atoms with Gasteiger partial charge in [0.15, 0.2) is 0 Å². The van der Waals surface area contributed by atoms with Crippen molar-refractivity contribution in [3.8, 4) is 23.5 Å². The molecule has 148 valence electrons. The van der Waals surface area contributed by atoms with E-state index in [0.717, 1.165) is 17.2 Å². The molecule has 29 heavy (non-hydrogen) atoms. The molecule has 6 heteroatoms. The molecule has 2 aliphatic heterocycles. The average Bonchev–Trinajstić information content (AvgIpc) is 3.34. The minimum Gasteiger partial charge on any atom is -0.494 e. The Balaban J connectivity index is 1.83. The van der Waals surface area contributed by atoms with Gasteiger partial charge >= 0.3 is 0 Å². The van der Waals surface area contributed by atoms with Gasteiger partial charge in [-0.25, -0.2) is 0 Å². The van der Waals surface area contributed by atoms with Gasteiger partial charge in [0.05, 0.1) is 34.0 Å². The van der Waals surface area contributed by atoms with E-state index in [0.29, 0.717) is 41.6 Å². The zero-order valence-corrected chi connectivity index (χ0v) is 16.1. The van der Waals surface area contributed by atoms with Crippen LogP contribution in [0.4, 0.5) is 0 Å². The fourth-order valence-corrected chi connectivity index (χ4v) is 5.35. The molecule has 6 nitrogen and oxygen atoms in total. The molecule has 0 amide bonds. The summed E-state index contributed by atoms with van der Waals surface area (Å²) in [4.78, 5) is 0. The van der Waals surface area contributed by atoms with Gasteiger partial charge in [-0.2, -0.15) is 5.26 Å². The smallest absolute Gasteiger partial charge is 0.205 e. The zero-order chi connectivity index (χ0) is 20.4. The van der Waals surface area contributed by atoms with Gasteiger partial charge in [0.1, 0.15) is 5.60 Å². The predicted octanol–water partition coefficient (Wildman–Crippen LogP) is 3.92. The highest BCUT2D eigenvalue weighted by molar-refractivity contribution is 5.95. The lowest BCUT2D eigenvalue weighted by Crippen LogP contribution is -2.24. The SMILES string of the molecule is CCC12CCC(CCO)(O1)c1c2c(O)n(-c2ccc(C#N)c3ccccc23)c1O. The number of ether oxygens (including phenoxy) is 1. The molecule has 5 rings (SSSR count). The van der Waals surface area contributed by atoms with Crippen LogP contribution in [0, 0.1) is 11.3 Å². The second-order valence-corrected chi connectivity index (χ2v) is 7.94. The molecule has 3 aromatic rings. The first-order valence-electron chi connectivity index (χ1n) is 9.93. The normalized spacial score (nSPS) is 24.7. The van der Waals surface area contributed by atoms with Crippen LogP contribution in [0.1, 0.15) is 49.3 Å².